The first-order valence-corrected chi connectivity index (χ1v) is 6.32. The van der Waals surface area contributed by atoms with Crippen LogP contribution in [0.25, 0.3) is 0 Å². The highest BCUT2D eigenvalue weighted by Gasteiger charge is 2.12. The molecule has 3 heteroatoms. The summed E-state index contributed by atoms with van der Waals surface area (Å²) in [6.45, 7) is 3.60. The summed E-state index contributed by atoms with van der Waals surface area (Å²) in [5, 5.41) is 9.93. The molecule has 100 valence electrons. The summed E-state index contributed by atoms with van der Waals surface area (Å²) in [5.41, 5.74) is 1.29. The van der Waals surface area contributed by atoms with Crippen molar-refractivity contribution in [2.45, 2.75) is 26.4 Å². The van der Waals surface area contributed by atoms with E-state index in [1.807, 2.05) is 25.1 Å². The largest absolute Gasteiger partial charge is 0.457 e. The van der Waals surface area contributed by atoms with Crippen LogP contribution in [0.1, 0.15) is 30.6 Å². The van der Waals surface area contributed by atoms with Gasteiger partial charge in [0.1, 0.15) is 17.3 Å². The maximum absolute atomic E-state index is 13.5. The first-order valence-electron chi connectivity index (χ1n) is 6.32. The van der Waals surface area contributed by atoms with E-state index in [4.69, 9.17) is 4.74 Å². The van der Waals surface area contributed by atoms with Gasteiger partial charge in [-0.2, -0.15) is 0 Å². The third-order valence-electron chi connectivity index (χ3n) is 3.04. The molecule has 0 heterocycles. The maximum Gasteiger partial charge on any atom is 0.133 e. The van der Waals surface area contributed by atoms with E-state index in [1.165, 1.54) is 6.07 Å². The SMILES string of the molecule is CC[C@@H](O)c1ccccc1Oc1ccc(C)c(F)c1. The quantitative estimate of drug-likeness (QED) is 0.884. The summed E-state index contributed by atoms with van der Waals surface area (Å²) in [7, 11) is 0. The highest BCUT2D eigenvalue weighted by atomic mass is 19.1. The molecular formula is C16H17FO2. The second-order valence-electron chi connectivity index (χ2n) is 4.47. The zero-order valence-electron chi connectivity index (χ0n) is 11.1. The second-order valence-corrected chi connectivity index (χ2v) is 4.47. The summed E-state index contributed by atoms with van der Waals surface area (Å²) in [6, 6.07) is 12.0. The van der Waals surface area contributed by atoms with Crippen molar-refractivity contribution in [2.75, 3.05) is 0 Å². The molecule has 0 unspecified atom stereocenters. The lowest BCUT2D eigenvalue weighted by atomic mass is 10.1. The molecule has 0 aromatic heterocycles. The molecule has 1 N–H and O–H groups in total. The Bertz CT molecular complexity index is 566. The van der Waals surface area contributed by atoms with Crippen LogP contribution in [-0.2, 0) is 0 Å². The Morgan fingerprint density at radius 1 is 1.21 bits per heavy atom. The van der Waals surface area contributed by atoms with Crippen LogP contribution in [0.4, 0.5) is 4.39 Å². The fourth-order valence-electron chi connectivity index (χ4n) is 1.83. The maximum atomic E-state index is 13.5. The molecule has 0 bridgehead atoms. The first kappa shape index (κ1) is 13.6. The van der Waals surface area contributed by atoms with Gasteiger partial charge in [0.05, 0.1) is 6.10 Å². The van der Waals surface area contributed by atoms with Crippen LogP contribution in [0.2, 0.25) is 0 Å². The van der Waals surface area contributed by atoms with Gasteiger partial charge in [-0.05, 0) is 31.0 Å². The number of hydrogen-bond acceptors (Lipinski definition) is 2. The Morgan fingerprint density at radius 2 is 1.95 bits per heavy atom. The Balaban J connectivity index is 2.30. The number of rotatable bonds is 4. The van der Waals surface area contributed by atoms with Crippen LogP contribution in [0.15, 0.2) is 42.5 Å². The first-order chi connectivity index (χ1) is 9.11. The molecule has 2 aromatic carbocycles. The molecule has 0 amide bonds. The predicted octanol–water partition coefficient (Wildman–Crippen LogP) is 4.37. The fraction of sp³-hybridized carbons (Fsp3) is 0.250. The average Bonchev–Trinajstić information content (AvgIpc) is 2.43. The fourth-order valence-corrected chi connectivity index (χ4v) is 1.83. The zero-order valence-corrected chi connectivity index (χ0v) is 11.1. The van der Waals surface area contributed by atoms with Gasteiger partial charge in [-0.1, -0.05) is 31.2 Å². The molecule has 0 saturated carbocycles. The minimum atomic E-state index is -0.577. The standard InChI is InChI=1S/C16H17FO2/c1-3-15(18)13-6-4-5-7-16(13)19-12-9-8-11(2)14(17)10-12/h4-10,15,18H,3H2,1-2H3/t15-/m1/s1. The lowest BCUT2D eigenvalue weighted by molar-refractivity contribution is 0.170. The smallest absolute Gasteiger partial charge is 0.133 e. The molecule has 0 radical (unpaired) electrons. The van der Waals surface area contributed by atoms with Crippen LogP contribution in [0, 0.1) is 12.7 Å². The zero-order chi connectivity index (χ0) is 13.8. The van der Waals surface area contributed by atoms with Crippen molar-refractivity contribution in [3.8, 4) is 11.5 Å². The van der Waals surface area contributed by atoms with Gasteiger partial charge in [0, 0.05) is 11.6 Å². The van der Waals surface area contributed by atoms with Crippen LogP contribution in [0.3, 0.4) is 0 Å². The number of ether oxygens (including phenoxy) is 1. The number of aryl methyl sites for hydroxylation is 1. The van der Waals surface area contributed by atoms with E-state index >= 15 is 0 Å². The van der Waals surface area contributed by atoms with Gasteiger partial charge < -0.3 is 9.84 Å². The van der Waals surface area contributed by atoms with Crippen LogP contribution in [0.5, 0.6) is 11.5 Å². The summed E-state index contributed by atoms with van der Waals surface area (Å²) < 4.78 is 19.1. The van der Waals surface area contributed by atoms with Crippen LogP contribution in [-0.4, -0.2) is 5.11 Å². The third-order valence-corrected chi connectivity index (χ3v) is 3.04. The normalized spacial score (nSPS) is 12.2. The van der Waals surface area contributed by atoms with Gasteiger partial charge in [-0.15, -0.1) is 0 Å². The molecule has 2 rings (SSSR count). The van der Waals surface area contributed by atoms with Crippen LogP contribution >= 0.6 is 0 Å². The number of aliphatic hydroxyl groups is 1. The molecule has 0 aliphatic rings. The van der Waals surface area contributed by atoms with Crippen molar-refractivity contribution in [1.82, 2.24) is 0 Å². The molecule has 0 saturated heterocycles. The Labute approximate surface area is 112 Å². The number of aliphatic hydroxyl groups excluding tert-OH is 1. The van der Waals surface area contributed by atoms with Gasteiger partial charge in [-0.25, -0.2) is 4.39 Å². The van der Waals surface area contributed by atoms with E-state index in [2.05, 4.69) is 0 Å². The van der Waals surface area contributed by atoms with E-state index in [-0.39, 0.29) is 5.82 Å². The van der Waals surface area contributed by atoms with Crippen molar-refractivity contribution in [1.29, 1.82) is 0 Å². The molecule has 2 nitrogen and oxygen atoms in total. The van der Waals surface area contributed by atoms with Gasteiger partial charge >= 0.3 is 0 Å². The van der Waals surface area contributed by atoms with Crippen LogP contribution < -0.4 is 4.74 Å². The summed E-state index contributed by atoms with van der Waals surface area (Å²) in [6.07, 6.45) is 0.0225. The van der Waals surface area contributed by atoms with Crippen molar-refractivity contribution in [2.24, 2.45) is 0 Å². The number of para-hydroxylation sites is 1. The van der Waals surface area contributed by atoms with Gasteiger partial charge in [0.15, 0.2) is 0 Å². The van der Waals surface area contributed by atoms with E-state index < -0.39 is 6.10 Å². The Morgan fingerprint density at radius 3 is 2.63 bits per heavy atom. The molecule has 2 aromatic rings. The van der Waals surface area contributed by atoms with Gasteiger partial charge in [0.25, 0.3) is 0 Å². The van der Waals surface area contributed by atoms with Crippen molar-refractivity contribution < 1.29 is 14.2 Å². The third kappa shape index (κ3) is 3.12. The monoisotopic (exact) mass is 260 g/mol. The molecule has 0 spiro atoms. The molecule has 0 aliphatic carbocycles. The molecule has 0 aliphatic heterocycles. The Hall–Kier alpha value is -1.87. The highest BCUT2D eigenvalue weighted by Crippen LogP contribution is 2.31. The van der Waals surface area contributed by atoms with E-state index in [1.54, 1.807) is 25.1 Å². The minimum Gasteiger partial charge on any atom is -0.457 e. The number of hydrogen-bond donors (Lipinski definition) is 1. The second kappa shape index (κ2) is 5.85. The van der Waals surface area contributed by atoms with E-state index in [0.717, 1.165) is 0 Å². The van der Waals surface area contributed by atoms with Crippen molar-refractivity contribution in [3.05, 3.63) is 59.4 Å². The lowest BCUT2D eigenvalue weighted by Gasteiger charge is -2.14. The minimum absolute atomic E-state index is 0.300. The number of benzene rings is 2. The molecule has 19 heavy (non-hydrogen) atoms. The highest BCUT2D eigenvalue weighted by molar-refractivity contribution is 5.39. The Kier molecular flexibility index (Phi) is 4.17. The summed E-state index contributed by atoms with van der Waals surface area (Å²) in [5.74, 6) is 0.685. The molecule has 1 atom stereocenters. The summed E-state index contributed by atoms with van der Waals surface area (Å²) in [4.78, 5) is 0. The molecule has 0 fully saturated rings. The number of halogens is 1. The van der Waals surface area contributed by atoms with Gasteiger partial charge in [0.2, 0.25) is 0 Å². The lowest BCUT2D eigenvalue weighted by Crippen LogP contribution is -1.98. The van der Waals surface area contributed by atoms with Crippen molar-refractivity contribution >= 4 is 0 Å². The van der Waals surface area contributed by atoms with Crippen molar-refractivity contribution in [3.63, 3.8) is 0 Å². The van der Waals surface area contributed by atoms with Gasteiger partial charge in [-0.3, -0.25) is 0 Å². The molecular weight excluding hydrogens is 243 g/mol. The topological polar surface area (TPSA) is 29.5 Å². The van der Waals surface area contributed by atoms with E-state index in [0.29, 0.717) is 29.0 Å². The van der Waals surface area contributed by atoms with E-state index in [9.17, 15) is 9.50 Å². The summed E-state index contributed by atoms with van der Waals surface area (Å²) >= 11 is 0. The average molecular weight is 260 g/mol. The predicted molar refractivity (Wildman–Crippen MR) is 72.9 cm³/mol.